The summed E-state index contributed by atoms with van der Waals surface area (Å²) in [5.74, 6) is -3.81. The van der Waals surface area contributed by atoms with E-state index in [2.05, 4.69) is 15.4 Å². The summed E-state index contributed by atoms with van der Waals surface area (Å²) in [4.78, 5) is 50.2. The van der Waals surface area contributed by atoms with E-state index in [1.165, 1.54) is 6.07 Å². The number of benzene rings is 1. The monoisotopic (exact) mass is 487 g/mol. The third-order valence-electron chi connectivity index (χ3n) is 5.12. The summed E-state index contributed by atoms with van der Waals surface area (Å²) in [6.07, 6.45) is -1.73. The van der Waals surface area contributed by atoms with Gasteiger partial charge in [-0.05, 0) is 24.6 Å². The van der Waals surface area contributed by atoms with E-state index in [-0.39, 0.29) is 24.3 Å². The molecule has 13 heteroatoms. The summed E-state index contributed by atoms with van der Waals surface area (Å²) < 4.78 is 29.2. The molecule has 0 radical (unpaired) electrons. The SMILES string of the molecule is Cc1ccc(Cl)cc1C(=O)NC1CS(=O)(=O)CCN(CC(=O)NC2CC(=O)OC2O)C1=O. The molecule has 3 atom stereocenters. The van der Waals surface area contributed by atoms with E-state index in [1.54, 1.807) is 19.1 Å². The lowest BCUT2D eigenvalue weighted by atomic mass is 10.1. The Hall–Kier alpha value is -2.70. The number of ether oxygens (including phenoxy) is 1. The Balaban J connectivity index is 1.72. The van der Waals surface area contributed by atoms with Crippen molar-refractivity contribution in [2.24, 2.45) is 0 Å². The first-order valence-corrected chi connectivity index (χ1v) is 11.9. The average molecular weight is 488 g/mol. The van der Waals surface area contributed by atoms with Gasteiger partial charge in [0.05, 0.1) is 24.5 Å². The predicted octanol–water partition coefficient (Wildman–Crippen LogP) is -1.25. The van der Waals surface area contributed by atoms with Gasteiger partial charge in [-0.2, -0.15) is 0 Å². The number of cyclic esters (lactones) is 1. The number of hydrogen-bond donors (Lipinski definition) is 3. The van der Waals surface area contributed by atoms with E-state index in [1.807, 2.05) is 0 Å². The predicted molar refractivity (Wildman–Crippen MR) is 111 cm³/mol. The zero-order valence-electron chi connectivity index (χ0n) is 17.0. The van der Waals surface area contributed by atoms with Crippen LogP contribution in [0.1, 0.15) is 22.3 Å². The second kappa shape index (κ2) is 9.43. The zero-order valence-corrected chi connectivity index (χ0v) is 18.6. The van der Waals surface area contributed by atoms with Crippen molar-refractivity contribution in [2.75, 3.05) is 24.6 Å². The number of amides is 3. The van der Waals surface area contributed by atoms with Crippen molar-refractivity contribution >= 4 is 45.1 Å². The first kappa shape index (κ1) is 24.0. The van der Waals surface area contributed by atoms with Gasteiger partial charge in [-0.15, -0.1) is 0 Å². The first-order chi connectivity index (χ1) is 14.9. The van der Waals surface area contributed by atoms with Crippen molar-refractivity contribution in [1.82, 2.24) is 15.5 Å². The minimum Gasteiger partial charge on any atom is -0.434 e. The van der Waals surface area contributed by atoms with Crippen molar-refractivity contribution in [3.05, 3.63) is 34.3 Å². The number of aliphatic hydroxyl groups excluding tert-OH is 1. The second-order valence-corrected chi connectivity index (χ2v) is 10.3. The number of sulfone groups is 1. The van der Waals surface area contributed by atoms with E-state index in [9.17, 15) is 32.7 Å². The summed E-state index contributed by atoms with van der Waals surface area (Å²) in [5, 5.41) is 14.7. The molecule has 3 rings (SSSR count). The number of halogens is 1. The molecule has 2 heterocycles. The Labute approximate surface area is 189 Å². The van der Waals surface area contributed by atoms with Crippen LogP contribution in [0, 0.1) is 6.92 Å². The third-order valence-corrected chi connectivity index (χ3v) is 7.00. The van der Waals surface area contributed by atoms with Crippen LogP contribution in [0.4, 0.5) is 0 Å². The lowest BCUT2D eigenvalue weighted by molar-refractivity contribution is -0.155. The molecule has 2 fully saturated rings. The van der Waals surface area contributed by atoms with Crippen LogP contribution in [0.15, 0.2) is 18.2 Å². The molecule has 0 aromatic heterocycles. The van der Waals surface area contributed by atoms with Gasteiger partial charge in [0.15, 0.2) is 9.84 Å². The summed E-state index contributed by atoms with van der Waals surface area (Å²) in [5.41, 5.74) is 0.773. The van der Waals surface area contributed by atoms with Gasteiger partial charge in [-0.3, -0.25) is 19.2 Å². The Morgan fingerprint density at radius 2 is 2.00 bits per heavy atom. The molecule has 11 nitrogen and oxygen atoms in total. The molecule has 2 saturated heterocycles. The van der Waals surface area contributed by atoms with E-state index < -0.39 is 64.2 Å². The molecule has 3 amide bonds. The van der Waals surface area contributed by atoms with E-state index in [0.29, 0.717) is 10.6 Å². The summed E-state index contributed by atoms with van der Waals surface area (Å²) in [6, 6.07) is 2.24. The number of esters is 1. The fourth-order valence-electron chi connectivity index (χ4n) is 3.42. The van der Waals surface area contributed by atoms with Gasteiger partial charge < -0.3 is 25.4 Å². The lowest BCUT2D eigenvalue weighted by Crippen LogP contribution is -2.53. The highest BCUT2D eigenvalue weighted by molar-refractivity contribution is 7.91. The molecular formula is C19H22ClN3O8S. The maximum absolute atomic E-state index is 13.0. The van der Waals surface area contributed by atoms with Crippen LogP contribution in [0.2, 0.25) is 5.02 Å². The van der Waals surface area contributed by atoms with Crippen LogP contribution in [0.3, 0.4) is 0 Å². The van der Waals surface area contributed by atoms with Crippen molar-refractivity contribution in [1.29, 1.82) is 0 Å². The standard InChI is InChI=1S/C19H22ClN3O8S/c1-10-2-3-11(20)6-12(10)17(26)22-14-9-32(29,30)5-4-23(18(14)27)8-15(24)21-13-7-16(25)31-19(13)28/h2-3,6,13-14,19,28H,4-5,7-9H2,1H3,(H,21,24)(H,22,26). The minimum atomic E-state index is -3.69. The van der Waals surface area contributed by atoms with Crippen molar-refractivity contribution in [3.63, 3.8) is 0 Å². The zero-order chi connectivity index (χ0) is 23.6. The van der Waals surface area contributed by atoms with Gasteiger partial charge >= 0.3 is 5.97 Å². The minimum absolute atomic E-state index is 0.191. The number of rotatable bonds is 5. The van der Waals surface area contributed by atoms with Crippen LogP contribution in [-0.2, 0) is 29.0 Å². The molecular weight excluding hydrogens is 466 g/mol. The Kier molecular flexibility index (Phi) is 7.06. The summed E-state index contributed by atoms with van der Waals surface area (Å²) >= 11 is 5.93. The first-order valence-electron chi connectivity index (χ1n) is 9.68. The molecule has 2 aliphatic rings. The summed E-state index contributed by atoms with van der Waals surface area (Å²) in [7, 11) is -3.69. The Bertz CT molecular complexity index is 1060. The van der Waals surface area contributed by atoms with Gasteiger partial charge in [-0.25, -0.2) is 8.42 Å². The molecule has 2 aliphatic heterocycles. The van der Waals surface area contributed by atoms with E-state index >= 15 is 0 Å². The maximum Gasteiger partial charge on any atom is 0.310 e. The number of aliphatic hydroxyl groups is 1. The quantitative estimate of drug-likeness (QED) is 0.434. The van der Waals surface area contributed by atoms with Crippen LogP contribution in [-0.4, -0.2) is 85.1 Å². The van der Waals surface area contributed by atoms with Gasteiger partial charge in [-0.1, -0.05) is 17.7 Å². The van der Waals surface area contributed by atoms with Gasteiger partial charge in [0.2, 0.25) is 18.1 Å². The smallest absolute Gasteiger partial charge is 0.310 e. The molecule has 1 aromatic carbocycles. The number of nitrogens with one attached hydrogen (secondary N) is 2. The molecule has 0 spiro atoms. The number of carbonyl (C=O) groups is 4. The highest BCUT2D eigenvalue weighted by Crippen LogP contribution is 2.17. The Morgan fingerprint density at radius 1 is 1.28 bits per heavy atom. The van der Waals surface area contributed by atoms with Crippen LogP contribution >= 0.6 is 11.6 Å². The van der Waals surface area contributed by atoms with Crippen molar-refractivity contribution < 1.29 is 37.4 Å². The molecule has 0 bridgehead atoms. The molecule has 32 heavy (non-hydrogen) atoms. The molecule has 174 valence electrons. The van der Waals surface area contributed by atoms with Gasteiger partial charge in [0, 0.05) is 17.1 Å². The number of nitrogens with zero attached hydrogens (tertiary/aromatic N) is 1. The van der Waals surface area contributed by atoms with Crippen molar-refractivity contribution in [3.8, 4) is 0 Å². The maximum atomic E-state index is 13.0. The van der Waals surface area contributed by atoms with E-state index in [0.717, 1.165) is 4.90 Å². The third kappa shape index (κ3) is 5.75. The van der Waals surface area contributed by atoms with Crippen molar-refractivity contribution in [2.45, 2.75) is 31.7 Å². The molecule has 1 aromatic rings. The molecule has 3 N–H and O–H groups in total. The molecule has 0 aliphatic carbocycles. The van der Waals surface area contributed by atoms with Crippen LogP contribution in [0.5, 0.6) is 0 Å². The highest BCUT2D eigenvalue weighted by Gasteiger charge is 2.38. The number of aryl methyl sites for hydroxylation is 1. The second-order valence-electron chi connectivity index (χ2n) is 7.62. The number of hydrogen-bond acceptors (Lipinski definition) is 8. The van der Waals surface area contributed by atoms with Crippen LogP contribution < -0.4 is 10.6 Å². The van der Waals surface area contributed by atoms with E-state index in [4.69, 9.17) is 11.6 Å². The highest BCUT2D eigenvalue weighted by atomic mass is 35.5. The Morgan fingerprint density at radius 3 is 2.66 bits per heavy atom. The molecule has 3 unspecified atom stereocenters. The summed E-state index contributed by atoms with van der Waals surface area (Å²) in [6.45, 7) is 0.896. The lowest BCUT2D eigenvalue weighted by Gasteiger charge is -2.24. The number of carbonyl (C=O) groups excluding carboxylic acids is 4. The largest absolute Gasteiger partial charge is 0.434 e. The van der Waals surface area contributed by atoms with Gasteiger partial charge in [0.1, 0.15) is 12.1 Å². The average Bonchev–Trinajstić information content (AvgIpc) is 2.96. The molecule has 0 saturated carbocycles. The fraction of sp³-hybridized carbons (Fsp3) is 0.474. The normalized spacial score (nSPS) is 25.1. The fourth-order valence-corrected chi connectivity index (χ4v) is 4.99. The van der Waals surface area contributed by atoms with Gasteiger partial charge in [0.25, 0.3) is 5.91 Å². The van der Waals surface area contributed by atoms with Crippen LogP contribution in [0.25, 0.3) is 0 Å². The topological polar surface area (TPSA) is 159 Å².